The molecule has 8 heteroatoms. The molecule has 3 saturated heterocycles. The number of likely N-dealkylation sites (tertiary alicyclic amines) is 1. The van der Waals surface area contributed by atoms with Gasteiger partial charge in [0, 0.05) is 64.4 Å². The van der Waals surface area contributed by atoms with Crippen molar-refractivity contribution in [1.29, 1.82) is 0 Å². The summed E-state index contributed by atoms with van der Waals surface area (Å²) in [6, 6.07) is 0.644. The fourth-order valence-electron chi connectivity index (χ4n) is 5.60. The average Bonchev–Trinajstić information content (AvgIpc) is 3.26. The van der Waals surface area contributed by atoms with E-state index >= 15 is 0 Å². The summed E-state index contributed by atoms with van der Waals surface area (Å²) in [5.74, 6) is 1.09. The van der Waals surface area contributed by atoms with Gasteiger partial charge in [-0.3, -0.25) is 14.8 Å². The predicted octanol–water partition coefficient (Wildman–Crippen LogP) is 1.62. The number of nitrogens with one attached hydrogen (secondary N) is 1. The maximum Gasteiger partial charge on any atom is 0.193 e. The van der Waals surface area contributed by atoms with E-state index < -0.39 is 0 Å². The van der Waals surface area contributed by atoms with Gasteiger partial charge in [0.1, 0.15) is 0 Å². The molecule has 1 atom stereocenters. The summed E-state index contributed by atoms with van der Waals surface area (Å²) in [7, 11) is 1.94. The summed E-state index contributed by atoms with van der Waals surface area (Å²) >= 11 is 0. The molecule has 3 aliphatic heterocycles. The SMILES string of the molecule is CN=C(NCC1(N2CCOCC2)CCCCC1)N1CCC(N2CCOCC2)C1.I. The number of nitrogens with zero attached hydrogens (tertiary/aromatic N) is 4. The number of morpholine rings is 2. The van der Waals surface area contributed by atoms with Crippen LogP contribution >= 0.6 is 24.0 Å². The van der Waals surface area contributed by atoms with Gasteiger partial charge >= 0.3 is 0 Å². The molecule has 0 spiro atoms. The van der Waals surface area contributed by atoms with Crippen LogP contribution in [0.3, 0.4) is 0 Å². The number of aliphatic imine (C=N–C) groups is 1. The summed E-state index contributed by atoms with van der Waals surface area (Å²) in [5.41, 5.74) is 0.279. The van der Waals surface area contributed by atoms with Crippen LogP contribution in [0.4, 0.5) is 0 Å². The van der Waals surface area contributed by atoms with E-state index in [2.05, 4.69) is 25.0 Å². The summed E-state index contributed by atoms with van der Waals surface area (Å²) in [4.78, 5) is 12.4. The highest BCUT2D eigenvalue weighted by Crippen LogP contribution is 2.34. The van der Waals surface area contributed by atoms with Crippen LogP contribution < -0.4 is 5.32 Å². The normalized spacial score (nSPS) is 29.5. The van der Waals surface area contributed by atoms with Gasteiger partial charge in [-0.15, -0.1) is 24.0 Å². The third kappa shape index (κ3) is 5.75. The molecule has 4 aliphatic rings. The molecule has 0 radical (unpaired) electrons. The number of hydrogen-bond donors (Lipinski definition) is 1. The summed E-state index contributed by atoms with van der Waals surface area (Å²) in [6.07, 6.45) is 7.91. The van der Waals surface area contributed by atoms with Gasteiger partial charge in [0.05, 0.1) is 26.4 Å². The molecule has 29 heavy (non-hydrogen) atoms. The maximum atomic E-state index is 5.63. The van der Waals surface area contributed by atoms with E-state index in [9.17, 15) is 0 Å². The third-order valence-electron chi connectivity index (χ3n) is 7.28. The highest BCUT2D eigenvalue weighted by Gasteiger charge is 2.39. The van der Waals surface area contributed by atoms with Crippen LogP contribution in [0, 0.1) is 0 Å². The Morgan fingerprint density at radius 2 is 1.62 bits per heavy atom. The maximum absolute atomic E-state index is 5.63. The molecule has 168 valence electrons. The van der Waals surface area contributed by atoms with Gasteiger partial charge in [-0.1, -0.05) is 19.3 Å². The minimum absolute atomic E-state index is 0. The Bertz CT molecular complexity index is 517. The number of guanidine groups is 1. The standard InChI is InChI=1S/C21H39N5O2.HI/c1-22-20(25-8-5-19(17-25)24-9-13-27-14-10-24)23-18-21(6-3-2-4-7-21)26-11-15-28-16-12-26;/h19H,2-18H2,1H3,(H,22,23);1H. The molecule has 1 unspecified atom stereocenters. The predicted molar refractivity (Wildman–Crippen MR) is 127 cm³/mol. The van der Waals surface area contributed by atoms with Crippen LogP contribution in [0.5, 0.6) is 0 Å². The molecule has 0 amide bonds. The minimum Gasteiger partial charge on any atom is -0.379 e. The molecule has 0 aromatic carbocycles. The van der Waals surface area contributed by atoms with Crippen molar-refractivity contribution in [3.63, 3.8) is 0 Å². The smallest absolute Gasteiger partial charge is 0.193 e. The van der Waals surface area contributed by atoms with Gasteiger partial charge in [0.15, 0.2) is 5.96 Å². The summed E-state index contributed by atoms with van der Waals surface area (Å²) < 4.78 is 11.1. The molecule has 4 rings (SSSR count). The second-order valence-electron chi connectivity index (χ2n) is 8.82. The number of hydrogen-bond acceptors (Lipinski definition) is 5. The molecular formula is C21H40IN5O2. The highest BCUT2D eigenvalue weighted by molar-refractivity contribution is 14.0. The molecule has 0 bridgehead atoms. The van der Waals surface area contributed by atoms with Crippen molar-refractivity contribution in [2.24, 2.45) is 4.99 Å². The van der Waals surface area contributed by atoms with Crippen LogP contribution in [0.1, 0.15) is 38.5 Å². The van der Waals surface area contributed by atoms with Crippen molar-refractivity contribution in [2.75, 3.05) is 79.3 Å². The lowest BCUT2D eigenvalue weighted by Gasteiger charge is -2.48. The molecule has 1 N–H and O–H groups in total. The molecule has 0 aromatic heterocycles. The van der Waals surface area contributed by atoms with Crippen LogP contribution in [-0.4, -0.2) is 112 Å². The van der Waals surface area contributed by atoms with Crippen molar-refractivity contribution in [1.82, 2.24) is 20.0 Å². The molecular weight excluding hydrogens is 481 g/mol. The first-order chi connectivity index (χ1) is 13.8. The van der Waals surface area contributed by atoms with Crippen molar-refractivity contribution in [3.05, 3.63) is 0 Å². The average molecular weight is 521 g/mol. The van der Waals surface area contributed by atoms with E-state index in [0.717, 1.165) is 78.2 Å². The van der Waals surface area contributed by atoms with Crippen LogP contribution in [-0.2, 0) is 9.47 Å². The third-order valence-corrected chi connectivity index (χ3v) is 7.28. The lowest BCUT2D eigenvalue weighted by Crippen LogP contribution is -2.60. The van der Waals surface area contributed by atoms with Crippen molar-refractivity contribution >= 4 is 29.9 Å². The quantitative estimate of drug-likeness (QED) is 0.345. The minimum atomic E-state index is 0. The lowest BCUT2D eigenvalue weighted by molar-refractivity contribution is -0.0354. The van der Waals surface area contributed by atoms with E-state index in [-0.39, 0.29) is 29.5 Å². The van der Waals surface area contributed by atoms with Gasteiger partial charge < -0.3 is 19.7 Å². The Morgan fingerprint density at radius 1 is 0.966 bits per heavy atom. The summed E-state index contributed by atoms with van der Waals surface area (Å²) in [6.45, 7) is 11.0. The molecule has 0 aromatic rings. The molecule has 7 nitrogen and oxygen atoms in total. The zero-order chi connectivity index (χ0) is 19.2. The second-order valence-corrected chi connectivity index (χ2v) is 8.82. The fraction of sp³-hybridized carbons (Fsp3) is 0.952. The number of rotatable bonds is 4. The van der Waals surface area contributed by atoms with Crippen LogP contribution in [0.25, 0.3) is 0 Å². The largest absolute Gasteiger partial charge is 0.379 e. The van der Waals surface area contributed by atoms with E-state index in [0.29, 0.717) is 6.04 Å². The van der Waals surface area contributed by atoms with Crippen molar-refractivity contribution in [3.8, 4) is 0 Å². The van der Waals surface area contributed by atoms with E-state index in [1.165, 1.54) is 38.5 Å². The highest BCUT2D eigenvalue weighted by atomic mass is 127. The summed E-state index contributed by atoms with van der Waals surface area (Å²) in [5, 5.41) is 3.79. The van der Waals surface area contributed by atoms with E-state index in [1.54, 1.807) is 0 Å². The van der Waals surface area contributed by atoms with Crippen LogP contribution in [0.15, 0.2) is 4.99 Å². The van der Waals surface area contributed by atoms with Gasteiger partial charge in [0.25, 0.3) is 0 Å². The monoisotopic (exact) mass is 521 g/mol. The van der Waals surface area contributed by atoms with Gasteiger partial charge in [-0.2, -0.15) is 0 Å². The van der Waals surface area contributed by atoms with E-state index in [4.69, 9.17) is 9.47 Å². The molecule has 1 saturated carbocycles. The molecule has 1 aliphatic carbocycles. The molecule has 3 heterocycles. The topological polar surface area (TPSA) is 52.6 Å². The first-order valence-electron chi connectivity index (χ1n) is 11.4. The fourth-order valence-corrected chi connectivity index (χ4v) is 5.60. The van der Waals surface area contributed by atoms with Crippen molar-refractivity contribution in [2.45, 2.75) is 50.1 Å². The Balaban J connectivity index is 0.00000240. The van der Waals surface area contributed by atoms with Crippen molar-refractivity contribution < 1.29 is 9.47 Å². The number of ether oxygens (including phenoxy) is 2. The lowest BCUT2D eigenvalue weighted by atomic mass is 9.80. The Labute approximate surface area is 193 Å². The number of halogens is 1. The van der Waals surface area contributed by atoms with Crippen LogP contribution in [0.2, 0.25) is 0 Å². The first kappa shape index (κ1) is 23.5. The van der Waals surface area contributed by atoms with Gasteiger partial charge in [0.2, 0.25) is 0 Å². The van der Waals surface area contributed by atoms with E-state index in [1.807, 2.05) is 7.05 Å². The zero-order valence-electron chi connectivity index (χ0n) is 18.1. The zero-order valence-corrected chi connectivity index (χ0v) is 20.4. The Kier molecular flexibility index (Phi) is 9.28. The Morgan fingerprint density at radius 3 is 2.28 bits per heavy atom. The Hall–Kier alpha value is -0.160. The van der Waals surface area contributed by atoms with Gasteiger partial charge in [-0.25, -0.2) is 0 Å². The first-order valence-corrected chi connectivity index (χ1v) is 11.4. The molecule has 4 fully saturated rings. The van der Waals surface area contributed by atoms with Gasteiger partial charge in [-0.05, 0) is 19.3 Å². The second kappa shape index (κ2) is 11.5.